The molecule has 2 aromatic rings. The normalized spacial score (nSPS) is 24.6. The largest absolute Gasteiger partial charge is 0.273 e. The molecule has 3 atom stereocenters. The van der Waals surface area contributed by atoms with Gasteiger partial charge in [0.2, 0.25) is 5.91 Å². The van der Waals surface area contributed by atoms with Crippen molar-refractivity contribution >= 4 is 46.4 Å². The summed E-state index contributed by atoms with van der Waals surface area (Å²) < 4.78 is 0. The van der Waals surface area contributed by atoms with Crippen LogP contribution in [-0.2, 0) is 14.4 Å². The molecule has 0 N–H and O–H groups in total. The number of carbonyl (C=O) groups excluding carboxylic acids is 2. The van der Waals surface area contributed by atoms with Crippen molar-refractivity contribution in [3.8, 4) is 0 Å². The zero-order valence-electron chi connectivity index (χ0n) is 14.6. The lowest BCUT2D eigenvalue weighted by Crippen LogP contribution is -2.40. The van der Waals surface area contributed by atoms with Crippen LogP contribution in [0.15, 0.2) is 48.5 Å². The number of para-hydroxylation sites is 1. The minimum atomic E-state index is -0.830. The van der Waals surface area contributed by atoms with Gasteiger partial charge in [0.25, 0.3) is 5.91 Å². The van der Waals surface area contributed by atoms with Gasteiger partial charge in [-0.05, 0) is 36.8 Å². The number of benzene rings is 2. The summed E-state index contributed by atoms with van der Waals surface area (Å²) in [6.45, 7) is 2.04. The molecule has 0 bridgehead atoms. The highest BCUT2D eigenvalue weighted by molar-refractivity contribution is 6.42. The van der Waals surface area contributed by atoms with Crippen LogP contribution in [0.3, 0.4) is 0 Å². The zero-order valence-corrected chi connectivity index (χ0v) is 16.2. The molecular formula is C20H18Cl2N2O3. The van der Waals surface area contributed by atoms with Gasteiger partial charge in [-0.25, -0.2) is 9.96 Å². The van der Waals surface area contributed by atoms with E-state index in [1.54, 1.807) is 47.5 Å². The van der Waals surface area contributed by atoms with Crippen LogP contribution in [0.5, 0.6) is 0 Å². The number of hydrogen-bond donors (Lipinski definition) is 0. The number of imide groups is 1. The Morgan fingerprint density at radius 1 is 0.963 bits per heavy atom. The molecule has 0 aliphatic carbocycles. The monoisotopic (exact) mass is 404 g/mol. The molecule has 0 saturated carbocycles. The van der Waals surface area contributed by atoms with E-state index in [0.717, 1.165) is 6.42 Å². The fraction of sp³-hybridized carbons (Fsp3) is 0.300. The van der Waals surface area contributed by atoms with Gasteiger partial charge in [0.05, 0.1) is 33.4 Å². The van der Waals surface area contributed by atoms with Gasteiger partial charge in [-0.15, -0.1) is 0 Å². The molecule has 0 spiro atoms. The van der Waals surface area contributed by atoms with Gasteiger partial charge >= 0.3 is 0 Å². The maximum Gasteiger partial charge on any atom is 0.266 e. The van der Waals surface area contributed by atoms with E-state index in [-0.39, 0.29) is 17.9 Å². The van der Waals surface area contributed by atoms with E-state index in [2.05, 4.69) is 0 Å². The highest BCUT2D eigenvalue weighted by Gasteiger charge is 2.59. The standard InChI is InChI=1S/C20H18Cl2N2O3/c1-2-6-16-17-18(27-24(16)13-9-10-14(21)15(22)11-13)20(26)23(19(17)25)12-7-4-3-5-8-12/h3-5,7-11,16-18H,2,6H2,1H3/t16-,17+,18-/m0/s1. The van der Waals surface area contributed by atoms with Crippen LogP contribution >= 0.6 is 23.2 Å². The van der Waals surface area contributed by atoms with E-state index in [1.807, 2.05) is 13.0 Å². The number of anilines is 2. The van der Waals surface area contributed by atoms with Crippen molar-refractivity contribution in [3.05, 3.63) is 58.6 Å². The first-order valence-electron chi connectivity index (χ1n) is 8.87. The van der Waals surface area contributed by atoms with Crippen molar-refractivity contribution in [3.63, 3.8) is 0 Å². The summed E-state index contributed by atoms with van der Waals surface area (Å²) in [6.07, 6.45) is 0.731. The Morgan fingerprint density at radius 2 is 1.70 bits per heavy atom. The Kier molecular flexibility index (Phi) is 4.84. The van der Waals surface area contributed by atoms with Gasteiger partial charge in [-0.1, -0.05) is 54.7 Å². The molecule has 0 radical (unpaired) electrons. The fourth-order valence-electron chi connectivity index (χ4n) is 3.79. The minimum absolute atomic E-state index is 0.225. The Balaban J connectivity index is 1.69. The van der Waals surface area contributed by atoms with Crippen molar-refractivity contribution in [2.24, 2.45) is 5.92 Å². The summed E-state index contributed by atoms with van der Waals surface area (Å²) in [7, 11) is 0. The van der Waals surface area contributed by atoms with Crippen molar-refractivity contribution in [2.75, 3.05) is 9.96 Å². The lowest BCUT2D eigenvalue weighted by atomic mass is 9.93. The molecule has 4 rings (SSSR count). The number of halogens is 2. The average Bonchev–Trinajstić information content (AvgIpc) is 3.15. The Labute approximate surface area is 167 Å². The molecule has 0 unspecified atom stereocenters. The molecule has 5 nitrogen and oxygen atoms in total. The van der Waals surface area contributed by atoms with Gasteiger partial charge < -0.3 is 0 Å². The molecule has 2 aliphatic rings. The predicted octanol–water partition coefficient (Wildman–Crippen LogP) is 4.47. The van der Waals surface area contributed by atoms with Crippen LogP contribution in [0.4, 0.5) is 11.4 Å². The summed E-state index contributed by atoms with van der Waals surface area (Å²) in [5.74, 6) is -1.11. The maximum atomic E-state index is 13.1. The third-order valence-electron chi connectivity index (χ3n) is 4.99. The molecule has 27 heavy (non-hydrogen) atoms. The third kappa shape index (κ3) is 3.00. The highest BCUT2D eigenvalue weighted by Crippen LogP contribution is 2.42. The van der Waals surface area contributed by atoms with Crippen LogP contribution in [-0.4, -0.2) is 24.0 Å². The summed E-state index contributed by atoms with van der Waals surface area (Å²) in [5.41, 5.74) is 1.26. The van der Waals surface area contributed by atoms with Crippen molar-refractivity contribution in [1.29, 1.82) is 0 Å². The second kappa shape index (κ2) is 7.15. The molecular weight excluding hydrogens is 387 g/mol. The van der Waals surface area contributed by atoms with Crippen LogP contribution in [0, 0.1) is 5.92 Å². The predicted molar refractivity (Wildman–Crippen MR) is 105 cm³/mol. The molecule has 2 aliphatic heterocycles. The number of hydrogen-bond acceptors (Lipinski definition) is 4. The smallest absolute Gasteiger partial charge is 0.266 e. The SMILES string of the molecule is CCC[C@H]1[C@H]2C(=O)N(c3ccccc3)C(=O)[C@H]2ON1c1ccc(Cl)c(Cl)c1. The van der Waals surface area contributed by atoms with Crippen molar-refractivity contribution < 1.29 is 14.4 Å². The average molecular weight is 405 g/mol. The first-order chi connectivity index (χ1) is 13.0. The highest BCUT2D eigenvalue weighted by atomic mass is 35.5. The van der Waals surface area contributed by atoms with Crippen LogP contribution in [0.2, 0.25) is 10.0 Å². The first kappa shape index (κ1) is 18.3. The van der Waals surface area contributed by atoms with Crippen molar-refractivity contribution in [2.45, 2.75) is 31.9 Å². The van der Waals surface area contributed by atoms with Crippen molar-refractivity contribution in [1.82, 2.24) is 0 Å². The Morgan fingerprint density at radius 3 is 2.37 bits per heavy atom. The zero-order chi connectivity index (χ0) is 19.1. The summed E-state index contributed by atoms with van der Waals surface area (Å²) >= 11 is 12.1. The fourth-order valence-corrected chi connectivity index (χ4v) is 4.08. The second-order valence-corrected chi connectivity index (χ2v) is 7.49. The van der Waals surface area contributed by atoms with E-state index >= 15 is 0 Å². The third-order valence-corrected chi connectivity index (χ3v) is 5.73. The molecule has 2 amide bonds. The molecule has 0 aromatic heterocycles. The van der Waals surface area contributed by atoms with E-state index in [4.69, 9.17) is 28.0 Å². The van der Waals surface area contributed by atoms with Crippen LogP contribution in [0.1, 0.15) is 19.8 Å². The molecule has 140 valence electrons. The van der Waals surface area contributed by atoms with E-state index in [9.17, 15) is 9.59 Å². The number of carbonyl (C=O) groups is 2. The van der Waals surface area contributed by atoms with Gasteiger partial charge in [0.1, 0.15) is 0 Å². The van der Waals surface area contributed by atoms with Gasteiger partial charge in [-0.2, -0.15) is 0 Å². The topological polar surface area (TPSA) is 49.9 Å². The van der Waals surface area contributed by atoms with Crippen LogP contribution in [0.25, 0.3) is 0 Å². The van der Waals surface area contributed by atoms with Gasteiger partial charge in [0, 0.05) is 0 Å². The molecule has 2 aromatic carbocycles. The molecule has 2 saturated heterocycles. The summed E-state index contributed by atoms with van der Waals surface area (Å²) in [4.78, 5) is 33.3. The molecule has 2 heterocycles. The van der Waals surface area contributed by atoms with E-state index in [0.29, 0.717) is 27.8 Å². The maximum absolute atomic E-state index is 13.1. The Bertz CT molecular complexity index is 890. The quantitative estimate of drug-likeness (QED) is 0.705. The van der Waals surface area contributed by atoms with Gasteiger partial charge in [0.15, 0.2) is 6.10 Å². The van der Waals surface area contributed by atoms with Gasteiger partial charge in [-0.3, -0.25) is 14.4 Å². The van der Waals surface area contributed by atoms with Crippen LogP contribution < -0.4 is 9.96 Å². The number of nitrogens with zero attached hydrogens (tertiary/aromatic N) is 2. The van der Waals surface area contributed by atoms with E-state index in [1.165, 1.54) is 4.90 Å². The minimum Gasteiger partial charge on any atom is -0.273 e. The number of fused-ring (bicyclic) bond motifs is 1. The number of rotatable bonds is 4. The molecule has 2 fully saturated rings. The Hall–Kier alpha value is -2.08. The number of hydroxylamine groups is 1. The lowest BCUT2D eigenvalue weighted by Gasteiger charge is -2.28. The first-order valence-corrected chi connectivity index (χ1v) is 9.62. The second-order valence-electron chi connectivity index (χ2n) is 6.68. The lowest BCUT2D eigenvalue weighted by molar-refractivity contribution is -0.126. The number of amides is 2. The molecule has 7 heteroatoms. The summed E-state index contributed by atoms with van der Waals surface area (Å²) in [6, 6.07) is 13.9. The van der Waals surface area contributed by atoms with E-state index < -0.39 is 12.0 Å². The summed E-state index contributed by atoms with van der Waals surface area (Å²) in [5, 5.41) is 2.49.